The molecular formula is C7H8BF3NO-. The quantitative estimate of drug-likeness (QED) is 0.658. The molecule has 0 bridgehead atoms. The number of nitrogens with zero attached hydrogens (tertiary/aromatic N) is 1. The van der Waals surface area contributed by atoms with Gasteiger partial charge in [-0.15, -0.1) is 0 Å². The van der Waals surface area contributed by atoms with E-state index in [1.165, 1.54) is 14.0 Å². The second-order valence-corrected chi connectivity index (χ2v) is 2.67. The number of methoxy groups -OCH3 is 1. The molecule has 0 saturated carbocycles. The van der Waals surface area contributed by atoms with Crippen LogP contribution < -0.4 is 10.2 Å². The third-order valence-corrected chi connectivity index (χ3v) is 1.62. The third-order valence-electron chi connectivity index (χ3n) is 1.62. The molecule has 1 aromatic heterocycles. The monoisotopic (exact) mass is 190 g/mol. The molecule has 1 heterocycles. The summed E-state index contributed by atoms with van der Waals surface area (Å²) >= 11 is 0. The number of hydrogen-bond acceptors (Lipinski definition) is 2. The van der Waals surface area contributed by atoms with Crippen molar-refractivity contribution in [2.45, 2.75) is 6.92 Å². The van der Waals surface area contributed by atoms with Crippen molar-refractivity contribution in [3.8, 4) is 5.88 Å². The van der Waals surface area contributed by atoms with Crippen molar-refractivity contribution in [1.82, 2.24) is 4.98 Å². The number of ether oxygens (including phenoxy) is 1. The molecule has 0 radical (unpaired) electrons. The summed E-state index contributed by atoms with van der Waals surface area (Å²) in [5, 5.41) is 0. The Kier molecular flexibility index (Phi) is 2.49. The number of aromatic nitrogens is 1. The smallest absolute Gasteiger partial charge is 0.481 e. The van der Waals surface area contributed by atoms with Gasteiger partial charge in [0, 0.05) is 11.8 Å². The normalized spacial score (nSPS) is 11.5. The van der Waals surface area contributed by atoms with Gasteiger partial charge >= 0.3 is 6.98 Å². The van der Waals surface area contributed by atoms with Crippen LogP contribution in [0.4, 0.5) is 12.9 Å². The number of pyridine rings is 1. The van der Waals surface area contributed by atoms with E-state index in [0.29, 0.717) is 5.56 Å². The van der Waals surface area contributed by atoms with Gasteiger partial charge in [0.25, 0.3) is 0 Å². The zero-order valence-corrected chi connectivity index (χ0v) is 7.22. The zero-order valence-electron chi connectivity index (χ0n) is 7.22. The SMILES string of the molecule is COc1ncc([B-](F)(F)F)cc1C. The summed E-state index contributed by atoms with van der Waals surface area (Å²) in [7, 11) is 1.37. The van der Waals surface area contributed by atoms with Crippen LogP contribution in [0.1, 0.15) is 5.56 Å². The lowest BCUT2D eigenvalue weighted by Gasteiger charge is -2.15. The van der Waals surface area contributed by atoms with Gasteiger partial charge in [0.05, 0.1) is 7.11 Å². The van der Waals surface area contributed by atoms with Crippen molar-refractivity contribution in [2.24, 2.45) is 0 Å². The van der Waals surface area contributed by atoms with Crippen molar-refractivity contribution in [3.63, 3.8) is 0 Å². The lowest BCUT2D eigenvalue weighted by atomic mass is 9.81. The molecule has 0 aliphatic heterocycles. The summed E-state index contributed by atoms with van der Waals surface area (Å²) in [4.78, 5) is 3.54. The van der Waals surface area contributed by atoms with Crippen molar-refractivity contribution in [1.29, 1.82) is 0 Å². The van der Waals surface area contributed by atoms with E-state index in [2.05, 4.69) is 4.98 Å². The van der Waals surface area contributed by atoms with E-state index in [9.17, 15) is 12.9 Å². The fourth-order valence-corrected chi connectivity index (χ4v) is 0.977. The Labute approximate surface area is 73.8 Å². The van der Waals surface area contributed by atoms with E-state index in [4.69, 9.17) is 4.74 Å². The molecule has 0 aliphatic carbocycles. The molecule has 13 heavy (non-hydrogen) atoms. The highest BCUT2D eigenvalue weighted by Crippen LogP contribution is 2.14. The average Bonchev–Trinajstić information content (AvgIpc) is 2.02. The third kappa shape index (κ3) is 2.14. The first kappa shape index (κ1) is 9.89. The maximum Gasteiger partial charge on any atom is 0.511 e. The summed E-state index contributed by atoms with van der Waals surface area (Å²) in [5.41, 5.74) is -0.308. The topological polar surface area (TPSA) is 22.1 Å². The van der Waals surface area contributed by atoms with Gasteiger partial charge < -0.3 is 17.7 Å². The Morgan fingerprint density at radius 3 is 2.38 bits per heavy atom. The Balaban J connectivity index is 3.10. The molecule has 0 saturated heterocycles. The van der Waals surface area contributed by atoms with Gasteiger partial charge in [-0.3, -0.25) is 0 Å². The van der Waals surface area contributed by atoms with Crippen LogP contribution in [-0.4, -0.2) is 19.1 Å². The van der Waals surface area contributed by atoms with Gasteiger partial charge in [-0.05, 0) is 6.92 Å². The van der Waals surface area contributed by atoms with Crippen LogP contribution in [0.5, 0.6) is 5.88 Å². The standard InChI is InChI=1S/C7H8BF3NO/c1-5-3-6(8(9,10)11)4-12-7(5)13-2/h3-4H,1-2H3/q-1. The van der Waals surface area contributed by atoms with Gasteiger partial charge in [0.2, 0.25) is 5.88 Å². The van der Waals surface area contributed by atoms with E-state index in [1.807, 2.05) is 0 Å². The van der Waals surface area contributed by atoms with E-state index in [-0.39, 0.29) is 5.88 Å². The summed E-state index contributed by atoms with van der Waals surface area (Å²) in [6.07, 6.45) is 0.784. The minimum Gasteiger partial charge on any atom is -0.481 e. The molecule has 0 atom stereocenters. The van der Waals surface area contributed by atoms with Crippen molar-refractivity contribution < 1.29 is 17.7 Å². The van der Waals surface area contributed by atoms with Gasteiger partial charge in [-0.25, -0.2) is 4.98 Å². The highest BCUT2D eigenvalue weighted by Gasteiger charge is 2.26. The Morgan fingerprint density at radius 2 is 2.00 bits per heavy atom. The fourth-order valence-electron chi connectivity index (χ4n) is 0.977. The van der Waals surface area contributed by atoms with Crippen LogP contribution in [0, 0.1) is 6.92 Å². The van der Waals surface area contributed by atoms with Gasteiger partial charge in [-0.2, -0.15) is 0 Å². The molecule has 1 aromatic rings. The highest BCUT2D eigenvalue weighted by molar-refractivity contribution is 6.73. The largest absolute Gasteiger partial charge is 0.511 e. The van der Waals surface area contributed by atoms with Crippen LogP contribution >= 0.6 is 0 Å². The molecule has 0 N–H and O–H groups in total. The number of hydrogen-bond donors (Lipinski definition) is 0. The zero-order chi connectivity index (χ0) is 10.1. The molecule has 1 rings (SSSR count). The fraction of sp³-hybridized carbons (Fsp3) is 0.286. The molecule has 2 nitrogen and oxygen atoms in total. The number of aryl methyl sites for hydroxylation is 1. The first-order chi connectivity index (χ1) is 5.95. The lowest BCUT2D eigenvalue weighted by molar-refractivity contribution is 0.394. The van der Waals surface area contributed by atoms with Crippen LogP contribution in [0.3, 0.4) is 0 Å². The summed E-state index contributed by atoms with van der Waals surface area (Å²) in [6.45, 7) is -3.44. The molecule has 0 unspecified atom stereocenters. The minimum atomic E-state index is -4.96. The maximum atomic E-state index is 12.2. The highest BCUT2D eigenvalue weighted by atomic mass is 19.4. The van der Waals surface area contributed by atoms with E-state index < -0.39 is 12.4 Å². The molecule has 6 heteroatoms. The molecule has 0 aromatic carbocycles. The van der Waals surface area contributed by atoms with Gasteiger partial charge in [0.15, 0.2) is 0 Å². The summed E-state index contributed by atoms with van der Waals surface area (Å²) in [5.74, 6) is 0.226. The molecule has 0 amide bonds. The van der Waals surface area contributed by atoms with Crippen LogP contribution in [0.2, 0.25) is 0 Å². The second-order valence-electron chi connectivity index (χ2n) is 2.67. The first-order valence-electron chi connectivity index (χ1n) is 3.65. The predicted molar refractivity (Wildman–Crippen MR) is 44.2 cm³/mol. The van der Waals surface area contributed by atoms with Crippen LogP contribution in [-0.2, 0) is 0 Å². The average molecular weight is 190 g/mol. The van der Waals surface area contributed by atoms with Crippen LogP contribution in [0.15, 0.2) is 12.3 Å². The Bertz CT molecular complexity index is 313. The lowest BCUT2D eigenvalue weighted by Crippen LogP contribution is -2.34. The molecule has 0 fully saturated rings. The summed E-state index contributed by atoms with van der Waals surface area (Å²) < 4.78 is 41.3. The first-order valence-corrected chi connectivity index (χ1v) is 3.65. The van der Waals surface area contributed by atoms with Gasteiger partial charge in [-0.1, -0.05) is 11.5 Å². The number of rotatable bonds is 2. The molecule has 72 valence electrons. The molecular weight excluding hydrogens is 182 g/mol. The van der Waals surface area contributed by atoms with E-state index >= 15 is 0 Å². The van der Waals surface area contributed by atoms with Crippen LogP contribution in [0.25, 0.3) is 0 Å². The Morgan fingerprint density at radius 1 is 1.38 bits per heavy atom. The Hall–Kier alpha value is -1.20. The summed E-state index contributed by atoms with van der Waals surface area (Å²) in [6, 6.07) is 1.03. The van der Waals surface area contributed by atoms with Gasteiger partial charge in [0.1, 0.15) is 0 Å². The predicted octanol–water partition coefficient (Wildman–Crippen LogP) is 1.45. The maximum absolute atomic E-state index is 12.2. The van der Waals surface area contributed by atoms with E-state index in [1.54, 1.807) is 0 Å². The minimum absolute atomic E-state index is 0.226. The molecule has 0 aliphatic rings. The molecule has 0 spiro atoms. The van der Waals surface area contributed by atoms with Crippen molar-refractivity contribution in [3.05, 3.63) is 17.8 Å². The second kappa shape index (κ2) is 3.28. The van der Waals surface area contributed by atoms with E-state index in [0.717, 1.165) is 12.3 Å². The number of halogens is 3. The van der Waals surface area contributed by atoms with Crippen molar-refractivity contribution >= 4 is 12.4 Å². The van der Waals surface area contributed by atoms with Crippen molar-refractivity contribution in [2.75, 3.05) is 7.11 Å².